The molecular formula is C13H26O. The lowest BCUT2D eigenvalue weighted by molar-refractivity contribution is 0.0534. The van der Waals surface area contributed by atoms with Crippen molar-refractivity contribution < 1.29 is 5.11 Å². The van der Waals surface area contributed by atoms with Gasteiger partial charge in [-0.05, 0) is 37.5 Å². The molecule has 1 rings (SSSR count). The average Bonchev–Trinajstić information content (AvgIpc) is 2.79. The van der Waals surface area contributed by atoms with Gasteiger partial charge >= 0.3 is 0 Å². The zero-order chi connectivity index (χ0) is 10.6. The minimum Gasteiger partial charge on any atom is -0.389 e. The predicted molar refractivity (Wildman–Crippen MR) is 61.3 cm³/mol. The zero-order valence-electron chi connectivity index (χ0n) is 10.1. The molecule has 0 spiro atoms. The van der Waals surface area contributed by atoms with Crippen LogP contribution in [0.1, 0.15) is 65.7 Å². The first kappa shape index (κ1) is 12.0. The lowest BCUT2D eigenvalue weighted by atomic mass is 9.88. The first-order valence-electron chi connectivity index (χ1n) is 6.41. The molecule has 1 aliphatic rings. The molecule has 0 aromatic rings. The molecule has 84 valence electrons. The molecule has 0 amide bonds. The van der Waals surface area contributed by atoms with Gasteiger partial charge in [-0.1, -0.05) is 40.0 Å². The van der Waals surface area contributed by atoms with Crippen LogP contribution in [0.4, 0.5) is 0 Å². The van der Waals surface area contributed by atoms with E-state index < -0.39 is 0 Å². The minimum atomic E-state index is -0.262. The third-order valence-corrected chi connectivity index (χ3v) is 3.74. The van der Waals surface area contributed by atoms with Crippen molar-refractivity contribution in [1.82, 2.24) is 0 Å². The summed E-state index contributed by atoms with van der Waals surface area (Å²) in [5, 5.41) is 10.4. The van der Waals surface area contributed by atoms with Crippen LogP contribution >= 0.6 is 0 Å². The Hall–Kier alpha value is -0.0400. The summed E-state index contributed by atoms with van der Waals surface area (Å²) in [6, 6.07) is 0. The SMILES string of the molecule is CCCC(CCC)C1(O)CC1CCC. The maximum absolute atomic E-state index is 10.4. The Morgan fingerprint density at radius 2 is 1.71 bits per heavy atom. The minimum absolute atomic E-state index is 0.262. The quantitative estimate of drug-likeness (QED) is 0.660. The van der Waals surface area contributed by atoms with Gasteiger partial charge in [0.1, 0.15) is 0 Å². The summed E-state index contributed by atoms with van der Waals surface area (Å²) in [6.07, 6.45) is 8.37. The average molecular weight is 198 g/mol. The Kier molecular flexibility index (Phi) is 4.43. The first-order valence-corrected chi connectivity index (χ1v) is 6.41. The van der Waals surface area contributed by atoms with Crippen LogP contribution in [0, 0.1) is 11.8 Å². The first-order chi connectivity index (χ1) is 6.69. The van der Waals surface area contributed by atoms with Crippen LogP contribution in [0.25, 0.3) is 0 Å². The molecule has 0 radical (unpaired) electrons. The van der Waals surface area contributed by atoms with E-state index in [4.69, 9.17) is 0 Å². The molecule has 1 heteroatoms. The molecule has 2 unspecified atom stereocenters. The molecule has 1 saturated carbocycles. The highest BCUT2D eigenvalue weighted by atomic mass is 16.3. The monoisotopic (exact) mass is 198 g/mol. The normalized spacial score (nSPS) is 31.1. The second-order valence-corrected chi connectivity index (χ2v) is 4.96. The van der Waals surface area contributed by atoms with Crippen molar-refractivity contribution in [2.24, 2.45) is 11.8 Å². The third-order valence-electron chi connectivity index (χ3n) is 3.74. The van der Waals surface area contributed by atoms with E-state index in [0.29, 0.717) is 11.8 Å². The van der Waals surface area contributed by atoms with Gasteiger partial charge in [-0.15, -0.1) is 0 Å². The van der Waals surface area contributed by atoms with Crippen LogP contribution in [0.3, 0.4) is 0 Å². The van der Waals surface area contributed by atoms with E-state index in [9.17, 15) is 5.11 Å². The highest BCUT2D eigenvalue weighted by Crippen LogP contribution is 2.54. The fraction of sp³-hybridized carbons (Fsp3) is 1.00. The van der Waals surface area contributed by atoms with Gasteiger partial charge < -0.3 is 5.11 Å². The molecule has 1 fully saturated rings. The van der Waals surface area contributed by atoms with Gasteiger partial charge in [0.15, 0.2) is 0 Å². The zero-order valence-corrected chi connectivity index (χ0v) is 10.1. The largest absolute Gasteiger partial charge is 0.389 e. The molecule has 0 aromatic carbocycles. The Morgan fingerprint density at radius 1 is 1.14 bits per heavy atom. The van der Waals surface area contributed by atoms with E-state index in [0.717, 1.165) is 6.42 Å². The van der Waals surface area contributed by atoms with Crippen LogP contribution in [0.2, 0.25) is 0 Å². The van der Waals surface area contributed by atoms with Crippen molar-refractivity contribution in [2.75, 3.05) is 0 Å². The van der Waals surface area contributed by atoms with Crippen LogP contribution in [-0.4, -0.2) is 10.7 Å². The number of hydrogen-bond donors (Lipinski definition) is 1. The maximum Gasteiger partial charge on any atom is 0.0708 e. The summed E-state index contributed by atoms with van der Waals surface area (Å²) in [6.45, 7) is 6.67. The second kappa shape index (κ2) is 5.16. The molecular weight excluding hydrogens is 172 g/mol. The molecule has 0 bridgehead atoms. The van der Waals surface area contributed by atoms with Crippen molar-refractivity contribution in [3.05, 3.63) is 0 Å². The molecule has 1 aliphatic carbocycles. The van der Waals surface area contributed by atoms with E-state index in [2.05, 4.69) is 20.8 Å². The van der Waals surface area contributed by atoms with Gasteiger partial charge in [-0.2, -0.15) is 0 Å². The lowest BCUT2D eigenvalue weighted by Gasteiger charge is -2.23. The second-order valence-electron chi connectivity index (χ2n) is 4.96. The highest BCUT2D eigenvalue weighted by molar-refractivity contribution is 5.06. The topological polar surface area (TPSA) is 20.2 Å². The summed E-state index contributed by atoms with van der Waals surface area (Å²) in [5.41, 5.74) is -0.262. The lowest BCUT2D eigenvalue weighted by Crippen LogP contribution is -2.24. The van der Waals surface area contributed by atoms with E-state index in [1.54, 1.807) is 0 Å². The standard InChI is InChI=1S/C13H26O/c1-4-7-11(8-5-2)13(14)10-12(13)9-6-3/h11-12,14H,4-10H2,1-3H3. The Labute approximate surface area is 88.9 Å². The highest BCUT2D eigenvalue weighted by Gasteiger charge is 2.55. The molecule has 2 atom stereocenters. The van der Waals surface area contributed by atoms with Gasteiger partial charge in [0.05, 0.1) is 5.60 Å². The van der Waals surface area contributed by atoms with E-state index >= 15 is 0 Å². The fourth-order valence-electron chi connectivity index (χ4n) is 2.88. The molecule has 0 saturated heterocycles. The van der Waals surface area contributed by atoms with Crippen LogP contribution in [0.15, 0.2) is 0 Å². The molecule has 1 nitrogen and oxygen atoms in total. The van der Waals surface area contributed by atoms with Crippen molar-refractivity contribution in [1.29, 1.82) is 0 Å². The van der Waals surface area contributed by atoms with Gasteiger partial charge in [-0.3, -0.25) is 0 Å². The van der Waals surface area contributed by atoms with E-state index in [1.165, 1.54) is 38.5 Å². The van der Waals surface area contributed by atoms with Crippen molar-refractivity contribution >= 4 is 0 Å². The number of hydrogen-bond acceptors (Lipinski definition) is 1. The van der Waals surface area contributed by atoms with Crippen molar-refractivity contribution in [3.63, 3.8) is 0 Å². The smallest absolute Gasteiger partial charge is 0.0708 e. The molecule has 1 N–H and O–H groups in total. The maximum atomic E-state index is 10.4. The van der Waals surface area contributed by atoms with E-state index in [-0.39, 0.29) is 5.60 Å². The fourth-order valence-corrected chi connectivity index (χ4v) is 2.88. The predicted octanol–water partition coefficient (Wildman–Crippen LogP) is 3.75. The summed E-state index contributed by atoms with van der Waals surface area (Å²) in [4.78, 5) is 0. The van der Waals surface area contributed by atoms with Crippen LogP contribution in [-0.2, 0) is 0 Å². The number of aliphatic hydroxyl groups is 1. The summed E-state index contributed by atoms with van der Waals surface area (Å²) in [5.74, 6) is 1.20. The summed E-state index contributed by atoms with van der Waals surface area (Å²) < 4.78 is 0. The Morgan fingerprint density at radius 3 is 2.14 bits per heavy atom. The molecule has 0 aromatic heterocycles. The van der Waals surface area contributed by atoms with Gasteiger partial charge in [-0.25, -0.2) is 0 Å². The van der Waals surface area contributed by atoms with Crippen molar-refractivity contribution in [2.45, 2.75) is 71.3 Å². The molecule has 14 heavy (non-hydrogen) atoms. The Balaban J connectivity index is 2.43. The number of rotatable bonds is 7. The van der Waals surface area contributed by atoms with Gasteiger partial charge in [0.2, 0.25) is 0 Å². The molecule has 0 aliphatic heterocycles. The molecule has 0 heterocycles. The van der Waals surface area contributed by atoms with Gasteiger partial charge in [0.25, 0.3) is 0 Å². The van der Waals surface area contributed by atoms with Crippen molar-refractivity contribution in [3.8, 4) is 0 Å². The van der Waals surface area contributed by atoms with Crippen LogP contribution < -0.4 is 0 Å². The summed E-state index contributed by atoms with van der Waals surface area (Å²) in [7, 11) is 0. The Bertz CT molecular complexity index is 161. The van der Waals surface area contributed by atoms with Gasteiger partial charge in [0, 0.05) is 0 Å². The summed E-state index contributed by atoms with van der Waals surface area (Å²) >= 11 is 0. The van der Waals surface area contributed by atoms with Crippen LogP contribution in [0.5, 0.6) is 0 Å². The third kappa shape index (κ3) is 2.50. The van der Waals surface area contributed by atoms with E-state index in [1.807, 2.05) is 0 Å².